The number of amides is 1. The van der Waals surface area contributed by atoms with E-state index in [2.05, 4.69) is 68.0 Å². The predicted octanol–water partition coefficient (Wildman–Crippen LogP) is 6.21. The highest BCUT2D eigenvalue weighted by Gasteiger charge is 2.45. The summed E-state index contributed by atoms with van der Waals surface area (Å²) >= 11 is 0. The van der Waals surface area contributed by atoms with Gasteiger partial charge >= 0.3 is 0 Å². The van der Waals surface area contributed by atoms with Crippen molar-refractivity contribution in [3.8, 4) is 0 Å². The summed E-state index contributed by atoms with van der Waals surface area (Å²) in [5.41, 5.74) is 1.23. The minimum atomic E-state index is -1.99. The third-order valence-corrected chi connectivity index (χ3v) is 11.8. The summed E-state index contributed by atoms with van der Waals surface area (Å²) in [6.07, 6.45) is 10.8. The highest BCUT2D eigenvalue weighted by Crippen LogP contribution is 2.42. The van der Waals surface area contributed by atoms with Crippen LogP contribution in [-0.2, 0) is 14.0 Å². The molecule has 0 aliphatic carbocycles. The summed E-state index contributed by atoms with van der Waals surface area (Å²) < 4.78 is 15.2. The fourth-order valence-electron chi connectivity index (χ4n) is 4.10. The van der Waals surface area contributed by atoms with Crippen LogP contribution in [0.1, 0.15) is 92.2 Å². The van der Waals surface area contributed by atoms with Crippen LogP contribution in [0.4, 0.5) is 5.82 Å². The molecule has 2 aromatic rings. The van der Waals surface area contributed by atoms with E-state index in [1.54, 1.807) is 6.33 Å². The Morgan fingerprint density at radius 2 is 1.91 bits per heavy atom. The Hall–Kier alpha value is -1.84. The van der Waals surface area contributed by atoms with Crippen LogP contribution >= 0.6 is 0 Å². The third kappa shape index (κ3) is 6.23. The first-order valence-electron chi connectivity index (χ1n) is 12.9. The minimum Gasteiger partial charge on any atom is -0.409 e. The number of rotatable bonds is 11. The van der Waals surface area contributed by atoms with E-state index in [0.717, 1.165) is 25.7 Å². The first-order valence-corrected chi connectivity index (χ1v) is 15.8. The molecule has 9 heteroatoms. The van der Waals surface area contributed by atoms with Gasteiger partial charge in [0, 0.05) is 12.8 Å². The standard InChI is InChI=1S/C25H43N5O3Si/c1-8-10-11-12-13-14-20(31)29-22-21-23(27-16-26-22)30(17-28-21)24-19(15-18(9-2)32-24)33-34(6,7)25(3,4)5/h16-19,24H,8-15H2,1-7H3,(H,26,27,29,31)/t18-,19+,24-/m1/s1. The molecule has 1 amide bonds. The Balaban J connectivity index is 1.78. The van der Waals surface area contributed by atoms with Gasteiger partial charge in [0.25, 0.3) is 0 Å². The van der Waals surface area contributed by atoms with Gasteiger partial charge < -0.3 is 14.5 Å². The molecule has 0 radical (unpaired) electrons. The largest absolute Gasteiger partial charge is 0.409 e. The van der Waals surface area contributed by atoms with Gasteiger partial charge in [-0.1, -0.05) is 60.3 Å². The molecule has 1 aliphatic rings. The lowest BCUT2D eigenvalue weighted by Crippen LogP contribution is -2.45. The Bertz CT molecular complexity index is 956. The molecule has 0 spiro atoms. The van der Waals surface area contributed by atoms with E-state index in [0.29, 0.717) is 23.4 Å². The molecule has 3 heterocycles. The molecule has 1 N–H and O–H groups in total. The predicted molar refractivity (Wildman–Crippen MR) is 138 cm³/mol. The molecule has 3 atom stereocenters. The van der Waals surface area contributed by atoms with Gasteiger partial charge in [0.05, 0.1) is 18.5 Å². The molecule has 2 aromatic heterocycles. The maximum atomic E-state index is 12.5. The molecule has 1 aliphatic heterocycles. The lowest BCUT2D eigenvalue weighted by molar-refractivity contribution is -0.116. The zero-order valence-corrected chi connectivity index (χ0v) is 23.1. The quantitative estimate of drug-likeness (QED) is 0.298. The molecular formula is C25H43N5O3Si. The van der Waals surface area contributed by atoms with Gasteiger partial charge in [0.1, 0.15) is 6.33 Å². The van der Waals surface area contributed by atoms with E-state index >= 15 is 0 Å². The van der Waals surface area contributed by atoms with Crippen molar-refractivity contribution in [1.82, 2.24) is 19.5 Å². The Morgan fingerprint density at radius 3 is 2.59 bits per heavy atom. The van der Waals surface area contributed by atoms with Crippen molar-refractivity contribution in [2.75, 3.05) is 5.32 Å². The second-order valence-electron chi connectivity index (χ2n) is 11.0. The second kappa shape index (κ2) is 11.3. The van der Waals surface area contributed by atoms with Crippen molar-refractivity contribution in [3.63, 3.8) is 0 Å². The topological polar surface area (TPSA) is 91.2 Å². The number of carbonyl (C=O) groups excluding carboxylic acids is 1. The third-order valence-electron chi connectivity index (χ3n) is 7.25. The van der Waals surface area contributed by atoms with Gasteiger partial charge in [-0.05, 0) is 31.0 Å². The number of imidazole rings is 1. The Kier molecular flexibility index (Phi) is 8.86. The van der Waals surface area contributed by atoms with E-state index in [1.807, 2.05) is 4.57 Å². The number of nitrogens with zero attached hydrogens (tertiary/aromatic N) is 4. The van der Waals surface area contributed by atoms with Gasteiger partial charge in [0.15, 0.2) is 31.5 Å². The lowest BCUT2D eigenvalue weighted by Gasteiger charge is -2.39. The molecule has 8 nitrogen and oxygen atoms in total. The number of hydrogen-bond acceptors (Lipinski definition) is 6. The smallest absolute Gasteiger partial charge is 0.225 e. The van der Waals surface area contributed by atoms with Gasteiger partial charge in [-0.3, -0.25) is 9.36 Å². The molecule has 34 heavy (non-hydrogen) atoms. The number of aromatic nitrogens is 4. The van der Waals surface area contributed by atoms with Crippen LogP contribution in [0, 0.1) is 0 Å². The Labute approximate surface area is 205 Å². The maximum Gasteiger partial charge on any atom is 0.225 e. The van der Waals surface area contributed by atoms with Crippen molar-refractivity contribution >= 4 is 31.2 Å². The summed E-state index contributed by atoms with van der Waals surface area (Å²) in [6, 6.07) is 0. The fraction of sp³-hybridized carbons (Fsp3) is 0.760. The van der Waals surface area contributed by atoms with E-state index in [-0.39, 0.29) is 29.4 Å². The average Bonchev–Trinajstić information content (AvgIpc) is 3.36. The first-order chi connectivity index (χ1) is 16.1. The molecule has 1 fully saturated rings. The van der Waals surface area contributed by atoms with Gasteiger partial charge in [-0.2, -0.15) is 0 Å². The fourth-order valence-corrected chi connectivity index (χ4v) is 5.42. The number of unbranched alkanes of at least 4 members (excludes halogenated alkanes) is 4. The monoisotopic (exact) mass is 489 g/mol. The van der Waals surface area contributed by atoms with Crippen molar-refractivity contribution in [2.45, 2.75) is 123 Å². The number of anilines is 1. The van der Waals surface area contributed by atoms with Gasteiger partial charge in [-0.25, -0.2) is 15.0 Å². The SMILES string of the molecule is CCCCCCCC(=O)Nc1ncnc2c1ncn2[C@@H]1O[C@H](CC)C[C@@H]1O[Si](C)(C)C(C)(C)C. The van der Waals surface area contributed by atoms with Crippen LogP contribution in [0.2, 0.25) is 18.1 Å². The summed E-state index contributed by atoms with van der Waals surface area (Å²) in [5, 5.41) is 3.04. The summed E-state index contributed by atoms with van der Waals surface area (Å²) in [7, 11) is -1.99. The normalized spacial score (nSPS) is 21.3. The van der Waals surface area contributed by atoms with E-state index in [1.165, 1.54) is 25.6 Å². The highest BCUT2D eigenvalue weighted by molar-refractivity contribution is 6.74. The molecule has 1 saturated heterocycles. The van der Waals surface area contributed by atoms with Gasteiger partial charge in [-0.15, -0.1) is 0 Å². The zero-order chi connectivity index (χ0) is 24.9. The van der Waals surface area contributed by atoms with Crippen LogP contribution in [0.3, 0.4) is 0 Å². The van der Waals surface area contributed by atoms with Crippen LogP contribution in [0.25, 0.3) is 11.2 Å². The molecule has 0 aromatic carbocycles. The highest BCUT2D eigenvalue weighted by atomic mass is 28.4. The van der Waals surface area contributed by atoms with Crippen LogP contribution in [0.5, 0.6) is 0 Å². The van der Waals surface area contributed by atoms with Crippen LogP contribution < -0.4 is 5.32 Å². The van der Waals surface area contributed by atoms with Crippen LogP contribution in [-0.4, -0.2) is 46.0 Å². The van der Waals surface area contributed by atoms with Gasteiger partial charge in [0.2, 0.25) is 5.91 Å². The molecule has 3 rings (SSSR count). The summed E-state index contributed by atoms with van der Waals surface area (Å²) in [6.45, 7) is 15.6. The maximum absolute atomic E-state index is 12.5. The molecule has 0 saturated carbocycles. The molecule has 0 unspecified atom stereocenters. The first kappa shape index (κ1) is 26.8. The summed E-state index contributed by atoms with van der Waals surface area (Å²) in [5.74, 6) is 0.419. The minimum absolute atomic E-state index is 0.0339. The molecular weight excluding hydrogens is 446 g/mol. The van der Waals surface area contributed by atoms with Crippen LogP contribution in [0.15, 0.2) is 12.7 Å². The Morgan fingerprint density at radius 1 is 1.18 bits per heavy atom. The lowest BCUT2D eigenvalue weighted by atomic mass is 10.1. The number of nitrogens with one attached hydrogen (secondary N) is 1. The number of fused-ring (bicyclic) bond motifs is 1. The van der Waals surface area contributed by atoms with Crippen molar-refractivity contribution in [1.29, 1.82) is 0 Å². The number of hydrogen-bond donors (Lipinski definition) is 1. The number of ether oxygens (including phenoxy) is 1. The molecule has 0 bridgehead atoms. The van der Waals surface area contributed by atoms with E-state index < -0.39 is 8.32 Å². The molecule has 190 valence electrons. The summed E-state index contributed by atoms with van der Waals surface area (Å²) in [4.78, 5) is 25.9. The van der Waals surface area contributed by atoms with E-state index in [9.17, 15) is 4.79 Å². The average molecular weight is 490 g/mol. The number of carbonyl (C=O) groups is 1. The van der Waals surface area contributed by atoms with Crippen molar-refractivity contribution in [2.24, 2.45) is 0 Å². The second-order valence-corrected chi connectivity index (χ2v) is 15.7. The van der Waals surface area contributed by atoms with Crippen molar-refractivity contribution < 1.29 is 14.0 Å². The zero-order valence-electron chi connectivity index (χ0n) is 22.1. The van der Waals surface area contributed by atoms with E-state index in [4.69, 9.17) is 9.16 Å². The van der Waals surface area contributed by atoms with Crippen molar-refractivity contribution in [3.05, 3.63) is 12.7 Å².